The molecule has 2 N–H and O–H groups in total. The molecule has 0 aromatic heterocycles. The third-order valence-corrected chi connectivity index (χ3v) is 6.46. The minimum absolute atomic E-state index is 0.100. The number of carbonyl (C=O) groups excluding carboxylic acids is 3. The van der Waals surface area contributed by atoms with Gasteiger partial charge >= 0.3 is 6.09 Å². The number of nitrogens with one attached hydrogen (secondary N) is 2. The van der Waals surface area contributed by atoms with E-state index in [0.717, 1.165) is 17.5 Å². The van der Waals surface area contributed by atoms with E-state index >= 15 is 0 Å². The summed E-state index contributed by atoms with van der Waals surface area (Å²) in [6.07, 6.45) is -0.333. The minimum atomic E-state index is -0.931. The van der Waals surface area contributed by atoms with Crippen molar-refractivity contribution < 1.29 is 19.1 Å². The van der Waals surface area contributed by atoms with Crippen molar-refractivity contribution in [3.8, 4) is 0 Å². The Morgan fingerprint density at radius 3 is 2.51 bits per heavy atom. The fourth-order valence-corrected chi connectivity index (χ4v) is 4.62. The average Bonchev–Trinajstić information content (AvgIpc) is 3.20. The van der Waals surface area contributed by atoms with Crippen LogP contribution in [0.1, 0.15) is 55.5 Å². The molecule has 0 bridgehead atoms. The molecule has 0 saturated carbocycles. The van der Waals surface area contributed by atoms with Gasteiger partial charge in [0.1, 0.15) is 0 Å². The second kappa shape index (κ2) is 11.9. The number of hydrogen-bond acceptors (Lipinski definition) is 4. The third-order valence-electron chi connectivity index (χ3n) is 6.23. The highest BCUT2D eigenvalue weighted by Gasteiger charge is 2.47. The first kappa shape index (κ1) is 26.2. The lowest BCUT2D eigenvalue weighted by atomic mass is 9.99. The molecule has 1 saturated heterocycles. The average molecular weight is 520 g/mol. The molecular weight excluding hydrogens is 490 g/mol. The van der Waals surface area contributed by atoms with E-state index in [2.05, 4.69) is 10.6 Å². The lowest BCUT2D eigenvalue weighted by Gasteiger charge is -2.26. The highest BCUT2D eigenvalue weighted by molar-refractivity contribution is 6.30. The number of rotatable bonds is 9. The van der Waals surface area contributed by atoms with Gasteiger partial charge in [0.05, 0.1) is 12.6 Å². The van der Waals surface area contributed by atoms with Crippen molar-refractivity contribution in [2.75, 3.05) is 5.32 Å². The summed E-state index contributed by atoms with van der Waals surface area (Å²) in [5.74, 6) is -0.439. The second-order valence-electron chi connectivity index (χ2n) is 9.07. The van der Waals surface area contributed by atoms with Crippen LogP contribution in [0.3, 0.4) is 0 Å². The number of anilines is 1. The van der Waals surface area contributed by atoms with Gasteiger partial charge in [0.2, 0.25) is 11.8 Å². The molecule has 192 valence electrons. The topological polar surface area (TPSA) is 87.7 Å². The Bertz CT molecular complexity index is 1270. The van der Waals surface area contributed by atoms with Gasteiger partial charge in [-0.25, -0.2) is 4.79 Å². The first-order chi connectivity index (χ1) is 17.9. The van der Waals surface area contributed by atoms with E-state index in [4.69, 9.17) is 16.3 Å². The molecule has 1 heterocycles. The predicted octanol–water partition coefficient (Wildman–Crippen LogP) is 6.02. The van der Waals surface area contributed by atoms with Crippen LogP contribution in [0.2, 0.25) is 5.02 Å². The summed E-state index contributed by atoms with van der Waals surface area (Å²) in [7, 11) is 0. The SMILES string of the molecule is CCCC(=O)Nc1cccc(C2OC(=O)N(Cc3cccc(Cl)c3)C2C(=O)NC(C)c2ccccc2)c1. The first-order valence-corrected chi connectivity index (χ1v) is 12.7. The second-order valence-corrected chi connectivity index (χ2v) is 9.51. The van der Waals surface area contributed by atoms with Crippen molar-refractivity contribution in [1.82, 2.24) is 10.2 Å². The van der Waals surface area contributed by atoms with Crippen LogP contribution in [0.4, 0.5) is 10.5 Å². The zero-order valence-corrected chi connectivity index (χ0v) is 21.6. The molecule has 3 aromatic carbocycles. The number of hydrogen-bond donors (Lipinski definition) is 2. The molecule has 7 nitrogen and oxygen atoms in total. The van der Waals surface area contributed by atoms with E-state index in [-0.39, 0.29) is 24.4 Å². The number of nitrogens with zero attached hydrogens (tertiary/aromatic N) is 1. The van der Waals surface area contributed by atoms with E-state index < -0.39 is 18.2 Å². The van der Waals surface area contributed by atoms with Crippen molar-refractivity contribution >= 4 is 35.2 Å². The normalized spacial score (nSPS) is 17.7. The van der Waals surface area contributed by atoms with Crippen molar-refractivity contribution in [2.24, 2.45) is 0 Å². The number of halogens is 1. The van der Waals surface area contributed by atoms with Crippen LogP contribution >= 0.6 is 11.6 Å². The standard InChI is InChI=1S/C29H30ClN3O4/c1-3-9-25(34)32-24-15-8-13-22(17-24)27-26(28(35)31-19(2)21-11-5-4-6-12-21)33(29(36)37-27)18-20-10-7-14-23(30)16-20/h4-8,10-17,19,26-27H,3,9,18H2,1-2H3,(H,31,35)(H,32,34). The van der Waals surface area contributed by atoms with Gasteiger partial charge in [-0.05, 0) is 54.3 Å². The molecule has 3 amide bonds. The van der Waals surface area contributed by atoms with Gasteiger partial charge in [-0.15, -0.1) is 0 Å². The summed E-state index contributed by atoms with van der Waals surface area (Å²) in [4.78, 5) is 40.3. The van der Waals surface area contributed by atoms with Crippen molar-refractivity contribution in [1.29, 1.82) is 0 Å². The summed E-state index contributed by atoms with van der Waals surface area (Å²) in [6, 6.07) is 22.6. The third kappa shape index (κ3) is 6.49. The lowest BCUT2D eigenvalue weighted by Crippen LogP contribution is -2.46. The van der Waals surface area contributed by atoms with Crippen molar-refractivity contribution in [3.05, 3.63) is 101 Å². The molecule has 37 heavy (non-hydrogen) atoms. The molecule has 0 spiro atoms. The van der Waals surface area contributed by atoms with Crippen LogP contribution in [0.5, 0.6) is 0 Å². The highest BCUT2D eigenvalue weighted by atomic mass is 35.5. The quantitative estimate of drug-likeness (QED) is 0.362. The zero-order chi connectivity index (χ0) is 26.4. The van der Waals surface area contributed by atoms with Crippen LogP contribution in [-0.4, -0.2) is 28.8 Å². The van der Waals surface area contributed by atoms with Crippen LogP contribution < -0.4 is 10.6 Å². The molecule has 4 rings (SSSR count). The molecule has 1 fully saturated rings. The Labute approximate surface area is 221 Å². The van der Waals surface area contributed by atoms with E-state index in [1.807, 2.05) is 50.2 Å². The summed E-state index contributed by atoms with van der Waals surface area (Å²) >= 11 is 6.16. The minimum Gasteiger partial charge on any atom is -0.438 e. The number of amides is 3. The predicted molar refractivity (Wildman–Crippen MR) is 143 cm³/mol. The maximum atomic E-state index is 13.7. The highest BCUT2D eigenvalue weighted by Crippen LogP contribution is 2.35. The van der Waals surface area contributed by atoms with Crippen LogP contribution in [-0.2, 0) is 20.9 Å². The van der Waals surface area contributed by atoms with E-state index in [1.54, 1.807) is 42.5 Å². The van der Waals surface area contributed by atoms with Crippen LogP contribution in [0.25, 0.3) is 0 Å². The molecule has 0 radical (unpaired) electrons. The van der Waals surface area contributed by atoms with Crippen LogP contribution in [0, 0.1) is 0 Å². The molecule has 1 aliphatic rings. The van der Waals surface area contributed by atoms with Crippen molar-refractivity contribution in [3.63, 3.8) is 0 Å². The van der Waals surface area contributed by atoms with E-state index in [1.165, 1.54) is 4.90 Å². The van der Waals surface area contributed by atoms with E-state index in [0.29, 0.717) is 22.7 Å². The number of ether oxygens (including phenoxy) is 1. The van der Waals surface area contributed by atoms with Crippen molar-refractivity contribution in [2.45, 2.75) is 51.4 Å². The monoisotopic (exact) mass is 519 g/mol. The number of benzene rings is 3. The van der Waals surface area contributed by atoms with E-state index in [9.17, 15) is 14.4 Å². The fraction of sp³-hybridized carbons (Fsp3) is 0.276. The Morgan fingerprint density at radius 1 is 1.03 bits per heavy atom. The Morgan fingerprint density at radius 2 is 1.78 bits per heavy atom. The molecule has 3 atom stereocenters. The molecule has 8 heteroatoms. The van der Waals surface area contributed by atoms with Gasteiger partial charge in [-0.1, -0.05) is 73.1 Å². The van der Waals surface area contributed by atoms with Gasteiger partial charge < -0.3 is 15.4 Å². The summed E-state index contributed by atoms with van der Waals surface area (Å²) in [5, 5.41) is 6.44. The molecule has 1 aliphatic heterocycles. The molecule has 3 unspecified atom stereocenters. The van der Waals surface area contributed by atoms with Gasteiger partial charge in [-0.3, -0.25) is 14.5 Å². The van der Waals surface area contributed by atoms with Gasteiger partial charge in [-0.2, -0.15) is 0 Å². The molecule has 3 aromatic rings. The Hall–Kier alpha value is -3.84. The summed E-state index contributed by atoms with van der Waals surface area (Å²) in [5.41, 5.74) is 2.92. The van der Waals surface area contributed by atoms with Crippen LogP contribution in [0.15, 0.2) is 78.9 Å². The maximum absolute atomic E-state index is 13.7. The van der Waals surface area contributed by atoms with Gasteiger partial charge in [0.25, 0.3) is 0 Å². The number of cyclic esters (lactones) is 1. The molecular formula is C29H30ClN3O4. The molecule has 0 aliphatic carbocycles. The fourth-order valence-electron chi connectivity index (χ4n) is 4.41. The largest absolute Gasteiger partial charge is 0.438 e. The summed E-state index contributed by atoms with van der Waals surface area (Å²) in [6.45, 7) is 3.98. The summed E-state index contributed by atoms with van der Waals surface area (Å²) < 4.78 is 5.77. The maximum Gasteiger partial charge on any atom is 0.411 e. The van der Waals surface area contributed by atoms with Gasteiger partial charge in [0.15, 0.2) is 12.1 Å². The Kier molecular flexibility index (Phi) is 8.46. The lowest BCUT2D eigenvalue weighted by molar-refractivity contribution is -0.127. The zero-order valence-electron chi connectivity index (χ0n) is 20.8. The van der Waals surface area contributed by atoms with Gasteiger partial charge in [0, 0.05) is 17.1 Å². The smallest absolute Gasteiger partial charge is 0.411 e. The Balaban J connectivity index is 1.64. The first-order valence-electron chi connectivity index (χ1n) is 12.3. The number of carbonyl (C=O) groups is 3.